The lowest BCUT2D eigenvalue weighted by molar-refractivity contribution is 0.103. The second-order valence-corrected chi connectivity index (χ2v) is 4.35. The van der Waals surface area contributed by atoms with Gasteiger partial charge in [-0.3, -0.25) is 4.79 Å². The first-order chi connectivity index (χ1) is 9.19. The highest BCUT2D eigenvalue weighted by Gasteiger charge is 2.16. The summed E-state index contributed by atoms with van der Waals surface area (Å²) >= 11 is 0. The summed E-state index contributed by atoms with van der Waals surface area (Å²) in [6.07, 6.45) is 3.11. The highest BCUT2D eigenvalue weighted by atomic mass is 16.3. The van der Waals surface area contributed by atoms with Crippen LogP contribution in [0.5, 0.6) is 0 Å². The van der Waals surface area contributed by atoms with Crippen molar-refractivity contribution in [2.45, 2.75) is 6.92 Å². The third-order valence-electron chi connectivity index (χ3n) is 3.05. The number of carbonyl (C=O) groups is 1. The van der Waals surface area contributed by atoms with Crippen LogP contribution in [0, 0.1) is 18.3 Å². The number of rotatable bonds is 2. The molecular weight excluding hydrogens is 240 g/mol. The fourth-order valence-electron chi connectivity index (χ4n) is 2.10. The third-order valence-corrected chi connectivity index (χ3v) is 3.05. The van der Waals surface area contributed by atoms with Crippen molar-refractivity contribution in [3.05, 3.63) is 59.2 Å². The van der Waals surface area contributed by atoms with Crippen LogP contribution in [0.4, 0.5) is 0 Å². The normalized spacial score (nSPS) is 10.5. The predicted octanol–water partition coefficient (Wildman–Crippen LogP) is 3.17. The van der Waals surface area contributed by atoms with Gasteiger partial charge in [0, 0.05) is 22.7 Å². The molecule has 0 radical (unpaired) electrons. The molecule has 0 bridgehead atoms. The molecule has 2 aromatic heterocycles. The topological polar surface area (TPSA) is 69.8 Å². The molecular formula is C15H10N2O2. The van der Waals surface area contributed by atoms with Gasteiger partial charge in [0.05, 0.1) is 17.2 Å². The van der Waals surface area contributed by atoms with Gasteiger partial charge < -0.3 is 9.40 Å². The van der Waals surface area contributed by atoms with Crippen LogP contribution in [-0.4, -0.2) is 10.8 Å². The molecule has 0 saturated heterocycles. The van der Waals surface area contributed by atoms with E-state index in [4.69, 9.17) is 9.68 Å². The fraction of sp³-hybridized carbons (Fsp3) is 0.0667. The van der Waals surface area contributed by atoms with Crippen LogP contribution in [0.2, 0.25) is 0 Å². The van der Waals surface area contributed by atoms with Gasteiger partial charge in [-0.2, -0.15) is 5.26 Å². The number of aromatic nitrogens is 1. The van der Waals surface area contributed by atoms with Crippen molar-refractivity contribution in [2.24, 2.45) is 0 Å². The zero-order chi connectivity index (χ0) is 13.4. The number of H-pyrrole nitrogens is 1. The number of hydrogen-bond acceptors (Lipinski definition) is 3. The van der Waals surface area contributed by atoms with Gasteiger partial charge in [-0.05, 0) is 31.2 Å². The van der Waals surface area contributed by atoms with E-state index in [1.165, 1.54) is 6.26 Å². The lowest BCUT2D eigenvalue weighted by Gasteiger charge is -1.96. The SMILES string of the molecule is Cc1cc(C(=O)c2c[nH]c3ccc(C#N)cc23)co1. The summed E-state index contributed by atoms with van der Waals surface area (Å²) in [5.74, 6) is 0.582. The van der Waals surface area contributed by atoms with Crippen LogP contribution in [0.25, 0.3) is 10.9 Å². The molecule has 0 atom stereocenters. The smallest absolute Gasteiger partial charge is 0.198 e. The molecule has 4 nitrogen and oxygen atoms in total. The number of ketones is 1. The minimum Gasteiger partial charge on any atom is -0.469 e. The van der Waals surface area contributed by atoms with E-state index >= 15 is 0 Å². The number of benzene rings is 1. The minimum absolute atomic E-state index is 0.113. The van der Waals surface area contributed by atoms with E-state index in [-0.39, 0.29) is 5.78 Å². The van der Waals surface area contributed by atoms with Crippen LogP contribution >= 0.6 is 0 Å². The quantitative estimate of drug-likeness (QED) is 0.710. The number of hydrogen-bond donors (Lipinski definition) is 1. The molecule has 1 aromatic carbocycles. The molecule has 0 saturated carbocycles. The Morgan fingerprint density at radius 1 is 1.37 bits per heavy atom. The molecule has 19 heavy (non-hydrogen) atoms. The summed E-state index contributed by atoms with van der Waals surface area (Å²) in [5.41, 5.74) is 2.43. The molecule has 0 fully saturated rings. The maximum Gasteiger partial charge on any atom is 0.198 e. The van der Waals surface area contributed by atoms with Gasteiger partial charge in [-0.15, -0.1) is 0 Å². The van der Waals surface area contributed by atoms with Crippen LogP contribution in [0.15, 0.2) is 41.1 Å². The summed E-state index contributed by atoms with van der Waals surface area (Å²) < 4.78 is 5.16. The molecule has 4 heteroatoms. The summed E-state index contributed by atoms with van der Waals surface area (Å²) in [6.45, 7) is 1.79. The number of nitriles is 1. The zero-order valence-electron chi connectivity index (χ0n) is 10.2. The number of nitrogens with zero attached hydrogens (tertiary/aromatic N) is 1. The Bertz CT molecular complexity index is 818. The van der Waals surface area contributed by atoms with Crippen molar-refractivity contribution < 1.29 is 9.21 Å². The van der Waals surface area contributed by atoms with Crippen molar-refractivity contribution >= 4 is 16.7 Å². The van der Waals surface area contributed by atoms with Gasteiger partial charge >= 0.3 is 0 Å². The Labute approximate surface area is 109 Å². The van der Waals surface area contributed by atoms with Crippen molar-refractivity contribution in [1.29, 1.82) is 5.26 Å². The van der Waals surface area contributed by atoms with E-state index in [2.05, 4.69) is 11.1 Å². The first-order valence-electron chi connectivity index (χ1n) is 5.80. The average molecular weight is 250 g/mol. The maximum absolute atomic E-state index is 12.4. The second kappa shape index (κ2) is 4.14. The van der Waals surface area contributed by atoms with Gasteiger partial charge in [-0.1, -0.05) is 0 Å². The van der Waals surface area contributed by atoms with Crippen molar-refractivity contribution in [1.82, 2.24) is 4.98 Å². The van der Waals surface area contributed by atoms with Crippen LogP contribution in [0.1, 0.15) is 27.2 Å². The highest BCUT2D eigenvalue weighted by molar-refractivity contribution is 6.16. The average Bonchev–Trinajstić information content (AvgIpc) is 3.03. The molecule has 0 aliphatic carbocycles. The Balaban J connectivity index is 2.15. The Hall–Kier alpha value is -2.80. The lowest BCUT2D eigenvalue weighted by Crippen LogP contribution is -1.98. The minimum atomic E-state index is -0.113. The third kappa shape index (κ3) is 1.81. The van der Waals surface area contributed by atoms with Crippen LogP contribution < -0.4 is 0 Å². The predicted molar refractivity (Wildman–Crippen MR) is 69.9 cm³/mol. The van der Waals surface area contributed by atoms with E-state index in [1.807, 2.05) is 0 Å². The number of furan rings is 1. The molecule has 2 heterocycles. The molecule has 0 amide bonds. The molecule has 0 aliphatic heterocycles. The Morgan fingerprint density at radius 2 is 2.21 bits per heavy atom. The van der Waals surface area contributed by atoms with Crippen LogP contribution in [-0.2, 0) is 0 Å². The summed E-state index contributed by atoms with van der Waals surface area (Å²) in [4.78, 5) is 15.4. The summed E-state index contributed by atoms with van der Waals surface area (Å²) in [6, 6.07) is 9.01. The fourth-order valence-corrected chi connectivity index (χ4v) is 2.10. The van der Waals surface area contributed by atoms with Gasteiger partial charge in [0.1, 0.15) is 12.0 Å². The second-order valence-electron chi connectivity index (χ2n) is 4.35. The number of carbonyl (C=O) groups excluding carboxylic acids is 1. The first-order valence-corrected chi connectivity index (χ1v) is 5.80. The zero-order valence-corrected chi connectivity index (χ0v) is 10.2. The highest BCUT2D eigenvalue weighted by Crippen LogP contribution is 2.23. The summed E-state index contributed by atoms with van der Waals surface area (Å²) in [7, 11) is 0. The molecule has 3 aromatic rings. The molecule has 0 spiro atoms. The first kappa shape index (κ1) is 11.3. The van der Waals surface area contributed by atoms with Crippen molar-refractivity contribution in [3.63, 3.8) is 0 Å². The molecule has 0 unspecified atom stereocenters. The van der Waals surface area contributed by atoms with Gasteiger partial charge in [0.25, 0.3) is 0 Å². The van der Waals surface area contributed by atoms with E-state index < -0.39 is 0 Å². The van der Waals surface area contributed by atoms with Crippen molar-refractivity contribution in [3.8, 4) is 6.07 Å². The maximum atomic E-state index is 12.4. The molecule has 3 rings (SSSR count). The van der Waals surface area contributed by atoms with Gasteiger partial charge in [0.2, 0.25) is 0 Å². The van der Waals surface area contributed by atoms with Gasteiger partial charge in [0.15, 0.2) is 5.78 Å². The number of aromatic amines is 1. The number of aryl methyl sites for hydroxylation is 1. The molecule has 92 valence electrons. The largest absolute Gasteiger partial charge is 0.469 e. The van der Waals surface area contributed by atoms with Crippen LogP contribution in [0.3, 0.4) is 0 Å². The standard InChI is InChI=1S/C15H10N2O2/c1-9-4-11(8-19-9)15(18)13-7-17-14-3-2-10(6-16)5-12(13)14/h2-5,7-8,17H,1H3. The Kier molecular flexibility index (Phi) is 2.46. The van der Waals surface area contributed by atoms with Gasteiger partial charge in [-0.25, -0.2) is 0 Å². The summed E-state index contributed by atoms with van der Waals surface area (Å²) in [5, 5.41) is 9.68. The van der Waals surface area contributed by atoms with E-state index in [9.17, 15) is 4.79 Å². The number of fused-ring (bicyclic) bond motifs is 1. The van der Waals surface area contributed by atoms with Crippen molar-refractivity contribution in [2.75, 3.05) is 0 Å². The Morgan fingerprint density at radius 3 is 2.89 bits per heavy atom. The lowest BCUT2D eigenvalue weighted by atomic mass is 10.0. The molecule has 1 N–H and O–H groups in total. The molecule has 0 aliphatic rings. The van der Waals surface area contributed by atoms with E-state index in [0.29, 0.717) is 22.5 Å². The number of nitrogens with one attached hydrogen (secondary N) is 1. The monoisotopic (exact) mass is 250 g/mol. The van der Waals surface area contributed by atoms with E-state index in [1.54, 1.807) is 37.4 Å². The van der Waals surface area contributed by atoms with E-state index in [0.717, 1.165) is 10.9 Å².